The third-order valence-electron chi connectivity index (χ3n) is 10.3. The van der Waals surface area contributed by atoms with Crippen molar-refractivity contribution < 1.29 is 37.9 Å². The fraction of sp³-hybridized carbons (Fsp3) is 0.796. The summed E-state index contributed by atoms with van der Waals surface area (Å²) in [6.07, 6.45) is 55.6. The highest BCUT2D eigenvalue weighted by atomic mass is 31.2. The Morgan fingerprint density at radius 2 is 0.810 bits per heavy atom. The predicted molar refractivity (Wildman–Crippen MR) is 244 cm³/mol. The summed E-state index contributed by atoms with van der Waals surface area (Å²) < 4.78 is 26.4. The number of esters is 2. The molecule has 0 radical (unpaired) electrons. The first-order valence-electron chi connectivity index (χ1n) is 23.9. The van der Waals surface area contributed by atoms with E-state index in [9.17, 15) is 14.2 Å². The zero-order valence-corrected chi connectivity index (χ0v) is 38.3. The molecule has 58 heavy (non-hydrogen) atoms. The number of hydrogen-bond donors (Lipinski definition) is 2. The van der Waals surface area contributed by atoms with Crippen LogP contribution in [0.3, 0.4) is 0 Å². The van der Waals surface area contributed by atoms with Crippen molar-refractivity contribution in [3.8, 4) is 0 Å². The number of carbonyl (C=O) groups excluding carboxylic acids is 2. The first-order chi connectivity index (χ1) is 28.3. The molecule has 0 aromatic rings. The van der Waals surface area contributed by atoms with Crippen molar-refractivity contribution in [3.63, 3.8) is 0 Å². The molecule has 0 saturated carbocycles. The van der Waals surface area contributed by atoms with Crippen molar-refractivity contribution in [1.29, 1.82) is 0 Å². The fourth-order valence-corrected chi connectivity index (χ4v) is 7.08. The molecular weight excluding hydrogens is 748 g/mol. The van der Waals surface area contributed by atoms with Crippen molar-refractivity contribution in [2.75, 3.05) is 13.2 Å². The molecule has 0 saturated heterocycles. The van der Waals surface area contributed by atoms with Crippen LogP contribution in [0.25, 0.3) is 0 Å². The molecule has 0 aromatic heterocycles. The Morgan fingerprint density at radius 3 is 1.29 bits per heavy atom. The Morgan fingerprint density at radius 1 is 0.448 bits per heavy atom. The Hall–Kier alpha value is -1.99. The molecule has 0 bridgehead atoms. The van der Waals surface area contributed by atoms with Crippen LogP contribution in [0.15, 0.2) is 48.6 Å². The van der Waals surface area contributed by atoms with Gasteiger partial charge in [-0.15, -0.1) is 0 Å². The lowest BCUT2D eigenvalue weighted by Crippen LogP contribution is -2.29. The average molecular weight is 837 g/mol. The van der Waals surface area contributed by atoms with Crippen LogP contribution in [0.2, 0.25) is 0 Å². The number of ether oxygens (including phenoxy) is 2. The molecule has 2 N–H and O–H groups in total. The Balaban J connectivity index is 3.91. The van der Waals surface area contributed by atoms with Crippen LogP contribution < -0.4 is 0 Å². The molecule has 9 heteroatoms. The van der Waals surface area contributed by atoms with Gasteiger partial charge in [0.25, 0.3) is 0 Å². The van der Waals surface area contributed by atoms with E-state index in [1.807, 2.05) is 0 Å². The second-order valence-corrected chi connectivity index (χ2v) is 17.3. The van der Waals surface area contributed by atoms with Crippen LogP contribution in [-0.4, -0.2) is 41.0 Å². The maximum atomic E-state index is 12.4. The predicted octanol–water partition coefficient (Wildman–Crippen LogP) is 15.1. The van der Waals surface area contributed by atoms with Gasteiger partial charge in [-0.25, -0.2) is 4.57 Å². The van der Waals surface area contributed by atoms with Crippen LogP contribution in [-0.2, 0) is 28.2 Å². The van der Waals surface area contributed by atoms with E-state index < -0.39 is 32.5 Å². The average Bonchev–Trinajstić information content (AvgIpc) is 3.20. The van der Waals surface area contributed by atoms with Crippen LogP contribution in [0, 0.1) is 0 Å². The van der Waals surface area contributed by atoms with Gasteiger partial charge in [-0.05, 0) is 77.0 Å². The van der Waals surface area contributed by atoms with E-state index >= 15 is 0 Å². The van der Waals surface area contributed by atoms with Gasteiger partial charge in [0.1, 0.15) is 6.61 Å². The zero-order valence-electron chi connectivity index (χ0n) is 37.4. The molecule has 0 aliphatic heterocycles. The summed E-state index contributed by atoms with van der Waals surface area (Å²) in [5.41, 5.74) is 0. The SMILES string of the molecule is CCCCC/C=C/C/C=C/CCCCCCCCCC(=O)OC[C@H](COP(=O)(O)O)OC(=O)CCC/C=C/CC/C=C/CCCCCCCCCCCCCCCC. The molecule has 338 valence electrons. The van der Waals surface area contributed by atoms with Gasteiger partial charge in [-0.1, -0.05) is 191 Å². The number of carbonyl (C=O) groups is 2. The van der Waals surface area contributed by atoms with Gasteiger partial charge >= 0.3 is 19.8 Å². The van der Waals surface area contributed by atoms with Crippen LogP contribution >= 0.6 is 7.82 Å². The van der Waals surface area contributed by atoms with E-state index in [0.29, 0.717) is 12.8 Å². The summed E-state index contributed by atoms with van der Waals surface area (Å²) >= 11 is 0. The number of phosphoric ester groups is 1. The third kappa shape index (κ3) is 46.7. The van der Waals surface area contributed by atoms with Gasteiger partial charge < -0.3 is 19.3 Å². The molecule has 0 fully saturated rings. The minimum atomic E-state index is -4.77. The summed E-state index contributed by atoms with van der Waals surface area (Å²) in [5, 5.41) is 0. The van der Waals surface area contributed by atoms with E-state index in [1.54, 1.807) is 0 Å². The largest absolute Gasteiger partial charge is 0.469 e. The molecule has 0 aliphatic carbocycles. The van der Waals surface area contributed by atoms with E-state index in [1.165, 1.54) is 135 Å². The van der Waals surface area contributed by atoms with Crippen molar-refractivity contribution >= 4 is 19.8 Å². The Bertz CT molecular complexity index is 1080. The molecular formula is C49H89O8P. The second kappa shape index (κ2) is 44.6. The minimum Gasteiger partial charge on any atom is -0.462 e. The topological polar surface area (TPSA) is 119 Å². The molecule has 0 unspecified atom stereocenters. The lowest BCUT2D eigenvalue weighted by molar-refractivity contribution is -0.161. The molecule has 0 heterocycles. The van der Waals surface area contributed by atoms with Crippen molar-refractivity contribution in [1.82, 2.24) is 0 Å². The maximum Gasteiger partial charge on any atom is 0.469 e. The van der Waals surface area contributed by atoms with Crippen molar-refractivity contribution in [2.24, 2.45) is 0 Å². The molecule has 1 atom stereocenters. The summed E-state index contributed by atoms with van der Waals surface area (Å²) in [5.74, 6) is -0.939. The normalized spacial score (nSPS) is 12.8. The molecule has 0 spiro atoms. The lowest BCUT2D eigenvalue weighted by Gasteiger charge is -2.18. The van der Waals surface area contributed by atoms with Gasteiger partial charge in [-0.2, -0.15) is 0 Å². The molecule has 8 nitrogen and oxygen atoms in total. The van der Waals surface area contributed by atoms with Gasteiger partial charge in [0.15, 0.2) is 6.10 Å². The number of allylic oxidation sites excluding steroid dienone is 8. The quantitative estimate of drug-likeness (QED) is 0.0269. The molecule has 0 aromatic carbocycles. The monoisotopic (exact) mass is 837 g/mol. The summed E-state index contributed by atoms with van der Waals surface area (Å²) in [4.78, 5) is 43.0. The highest BCUT2D eigenvalue weighted by molar-refractivity contribution is 7.46. The molecule has 0 aliphatic rings. The first kappa shape index (κ1) is 56.0. The molecule has 0 amide bonds. The maximum absolute atomic E-state index is 12.4. The number of hydrogen-bond acceptors (Lipinski definition) is 6. The van der Waals surface area contributed by atoms with Gasteiger partial charge in [0, 0.05) is 12.8 Å². The van der Waals surface area contributed by atoms with Gasteiger partial charge in [-0.3, -0.25) is 14.1 Å². The standard InChI is InChI=1S/C49H89O8P/c1-3-5-7-9-11-13-15-17-19-21-22-23-24-25-26-28-30-32-34-36-38-40-42-44-49(51)57-47(46-56-58(52,53)54)45-55-48(50)43-41-39-37-35-33-31-29-27-20-18-16-14-12-10-8-6-4-2/h12,14,18,20,28,30,36,38,47H,3-11,13,15-17,19,21-27,29,31-35,37,39-46H2,1-2H3,(H2,52,53,54)/b14-12+,20-18+,30-28+,38-36+/t47-/m1/s1. The summed E-state index contributed by atoms with van der Waals surface area (Å²) in [6, 6.07) is 0. The van der Waals surface area contributed by atoms with Gasteiger partial charge in [0.2, 0.25) is 0 Å². The smallest absolute Gasteiger partial charge is 0.462 e. The van der Waals surface area contributed by atoms with E-state index in [0.717, 1.165) is 57.8 Å². The van der Waals surface area contributed by atoms with Gasteiger partial charge in [0.05, 0.1) is 6.61 Å². The Labute approximate surface area is 356 Å². The second-order valence-electron chi connectivity index (χ2n) is 16.1. The zero-order chi connectivity index (χ0) is 42.5. The lowest BCUT2D eigenvalue weighted by atomic mass is 10.0. The van der Waals surface area contributed by atoms with Crippen LogP contribution in [0.4, 0.5) is 0 Å². The van der Waals surface area contributed by atoms with Crippen LogP contribution in [0.5, 0.6) is 0 Å². The number of rotatable bonds is 44. The first-order valence-corrected chi connectivity index (χ1v) is 25.5. The number of unbranched alkanes of at least 4 members (excludes halogenated alkanes) is 26. The summed E-state index contributed by atoms with van der Waals surface area (Å²) in [7, 11) is -4.77. The van der Waals surface area contributed by atoms with Crippen molar-refractivity contribution in [3.05, 3.63) is 48.6 Å². The fourth-order valence-electron chi connectivity index (χ4n) is 6.72. The number of phosphoric acid groups is 1. The van der Waals surface area contributed by atoms with Crippen molar-refractivity contribution in [2.45, 2.75) is 238 Å². The van der Waals surface area contributed by atoms with E-state index in [-0.39, 0.29) is 19.4 Å². The summed E-state index contributed by atoms with van der Waals surface area (Å²) in [6.45, 7) is 3.65. The molecule has 0 rings (SSSR count). The highest BCUT2D eigenvalue weighted by Crippen LogP contribution is 2.36. The third-order valence-corrected chi connectivity index (χ3v) is 10.8. The minimum absolute atomic E-state index is 0.150. The van der Waals surface area contributed by atoms with E-state index in [4.69, 9.17) is 19.3 Å². The van der Waals surface area contributed by atoms with Crippen LogP contribution in [0.1, 0.15) is 232 Å². The van der Waals surface area contributed by atoms with E-state index in [2.05, 4.69) is 67.0 Å². The highest BCUT2D eigenvalue weighted by Gasteiger charge is 2.22. The Kier molecular flexibility index (Phi) is 43.0.